The third kappa shape index (κ3) is 2.45. The molecular weight excluding hydrogens is 292 g/mol. The zero-order chi connectivity index (χ0) is 13.1. The maximum Gasteiger partial charge on any atom is 0.0981 e. The number of nitrogens with zero attached hydrogens (tertiary/aromatic N) is 4. The number of hydrogen-bond acceptors (Lipinski definition) is 3. The van der Waals surface area contributed by atoms with Gasteiger partial charge in [-0.2, -0.15) is 10.4 Å². The van der Waals surface area contributed by atoms with Gasteiger partial charge in [-0.05, 0) is 48.7 Å². The van der Waals surface area contributed by atoms with Crippen molar-refractivity contribution in [2.24, 2.45) is 0 Å². The normalized spacial score (nSPS) is 20.2. The minimum absolute atomic E-state index is 0.0715. The van der Waals surface area contributed by atoms with Gasteiger partial charge in [0.2, 0.25) is 0 Å². The van der Waals surface area contributed by atoms with E-state index in [1.54, 1.807) is 0 Å². The molecule has 1 aliphatic rings. The monoisotopic (exact) mass is 310 g/mol. The van der Waals surface area contributed by atoms with Crippen molar-refractivity contribution in [3.05, 3.63) is 15.9 Å². The van der Waals surface area contributed by atoms with Crippen LogP contribution in [0, 0.1) is 11.3 Å². The summed E-state index contributed by atoms with van der Waals surface area (Å²) in [4.78, 5) is 2.26. The Morgan fingerprint density at radius 2 is 2.28 bits per heavy atom. The van der Waals surface area contributed by atoms with Gasteiger partial charge in [0.05, 0.1) is 28.0 Å². The Balaban J connectivity index is 2.23. The van der Waals surface area contributed by atoms with Crippen molar-refractivity contribution in [2.75, 3.05) is 6.54 Å². The quantitative estimate of drug-likeness (QED) is 0.859. The highest BCUT2D eigenvalue weighted by Crippen LogP contribution is 2.26. The number of rotatable bonds is 4. The van der Waals surface area contributed by atoms with E-state index in [0.717, 1.165) is 49.1 Å². The summed E-state index contributed by atoms with van der Waals surface area (Å²) in [7, 11) is 0. The summed E-state index contributed by atoms with van der Waals surface area (Å²) >= 11 is 3.66. The number of aryl methyl sites for hydroxylation is 2. The second kappa shape index (κ2) is 5.85. The lowest BCUT2D eigenvalue weighted by Crippen LogP contribution is -2.28. The average Bonchev–Trinajstić information content (AvgIpc) is 2.95. The summed E-state index contributed by atoms with van der Waals surface area (Å²) in [6.45, 7) is 6.93. The van der Waals surface area contributed by atoms with Crippen molar-refractivity contribution < 1.29 is 0 Å². The molecule has 1 aliphatic heterocycles. The molecule has 0 radical (unpaired) electrons. The smallest absolute Gasteiger partial charge is 0.0981 e. The molecule has 18 heavy (non-hydrogen) atoms. The van der Waals surface area contributed by atoms with Gasteiger partial charge in [0.15, 0.2) is 0 Å². The Morgan fingerprint density at radius 1 is 1.50 bits per heavy atom. The molecule has 0 bridgehead atoms. The molecule has 0 amide bonds. The zero-order valence-electron chi connectivity index (χ0n) is 11.0. The predicted octanol–water partition coefficient (Wildman–Crippen LogP) is 2.72. The first-order valence-electron chi connectivity index (χ1n) is 6.58. The van der Waals surface area contributed by atoms with Crippen LogP contribution in [-0.2, 0) is 19.5 Å². The topological polar surface area (TPSA) is 44.9 Å². The van der Waals surface area contributed by atoms with Gasteiger partial charge in [0, 0.05) is 13.1 Å². The maximum atomic E-state index is 9.14. The van der Waals surface area contributed by atoms with Crippen LogP contribution in [0.4, 0.5) is 0 Å². The number of likely N-dealkylation sites (tertiary alicyclic amines) is 1. The van der Waals surface area contributed by atoms with Crippen molar-refractivity contribution in [1.29, 1.82) is 5.26 Å². The third-order valence-electron chi connectivity index (χ3n) is 3.56. The SMILES string of the molecule is CCc1nn(CC)c(CN2CCCC2C#N)c1Br. The van der Waals surface area contributed by atoms with Gasteiger partial charge in [0.1, 0.15) is 0 Å². The van der Waals surface area contributed by atoms with Gasteiger partial charge in [-0.1, -0.05) is 6.92 Å². The van der Waals surface area contributed by atoms with Gasteiger partial charge in [-0.15, -0.1) is 0 Å². The molecule has 0 aliphatic carbocycles. The lowest BCUT2D eigenvalue weighted by atomic mass is 10.2. The van der Waals surface area contributed by atoms with E-state index in [1.165, 1.54) is 5.69 Å². The lowest BCUT2D eigenvalue weighted by Gasteiger charge is -2.19. The van der Waals surface area contributed by atoms with Crippen LogP contribution in [0.25, 0.3) is 0 Å². The largest absolute Gasteiger partial charge is 0.282 e. The van der Waals surface area contributed by atoms with Crippen LogP contribution in [0.1, 0.15) is 38.1 Å². The van der Waals surface area contributed by atoms with Crippen LogP contribution in [-0.4, -0.2) is 27.3 Å². The summed E-state index contributed by atoms with van der Waals surface area (Å²) in [6.07, 6.45) is 3.05. The fourth-order valence-electron chi connectivity index (χ4n) is 2.52. The van der Waals surface area contributed by atoms with Gasteiger partial charge < -0.3 is 0 Å². The Labute approximate surface area is 117 Å². The number of aromatic nitrogens is 2. The Bertz CT molecular complexity index is 460. The molecule has 1 unspecified atom stereocenters. The van der Waals surface area contributed by atoms with E-state index in [4.69, 9.17) is 5.26 Å². The molecular formula is C13H19BrN4. The standard InChI is InChI=1S/C13H19BrN4/c1-3-11-13(14)12(18(4-2)16-11)9-17-7-5-6-10(17)8-15/h10H,3-7,9H2,1-2H3. The van der Waals surface area contributed by atoms with Gasteiger partial charge in [0.25, 0.3) is 0 Å². The molecule has 2 heterocycles. The van der Waals surface area contributed by atoms with E-state index in [-0.39, 0.29) is 6.04 Å². The third-order valence-corrected chi connectivity index (χ3v) is 4.48. The Morgan fingerprint density at radius 3 is 2.89 bits per heavy atom. The fraction of sp³-hybridized carbons (Fsp3) is 0.692. The fourth-order valence-corrected chi connectivity index (χ4v) is 3.21. The van der Waals surface area contributed by atoms with Crippen molar-refractivity contribution in [3.8, 4) is 6.07 Å². The maximum absolute atomic E-state index is 9.14. The van der Waals surface area contributed by atoms with E-state index in [1.807, 2.05) is 0 Å². The number of hydrogen-bond donors (Lipinski definition) is 0. The predicted molar refractivity (Wildman–Crippen MR) is 74.0 cm³/mol. The highest BCUT2D eigenvalue weighted by molar-refractivity contribution is 9.10. The molecule has 2 rings (SSSR count). The first-order valence-corrected chi connectivity index (χ1v) is 7.38. The van der Waals surface area contributed by atoms with Crippen molar-refractivity contribution in [1.82, 2.24) is 14.7 Å². The lowest BCUT2D eigenvalue weighted by molar-refractivity contribution is 0.276. The molecule has 98 valence electrons. The van der Waals surface area contributed by atoms with Gasteiger partial charge in [-0.25, -0.2) is 0 Å². The van der Waals surface area contributed by atoms with Crippen LogP contribution in [0.5, 0.6) is 0 Å². The van der Waals surface area contributed by atoms with Crippen LogP contribution in [0.2, 0.25) is 0 Å². The van der Waals surface area contributed by atoms with Gasteiger partial charge in [-0.3, -0.25) is 9.58 Å². The molecule has 1 saturated heterocycles. The van der Waals surface area contributed by atoms with Crippen molar-refractivity contribution in [2.45, 2.75) is 52.2 Å². The molecule has 1 atom stereocenters. The molecule has 1 fully saturated rings. The summed E-state index contributed by atoms with van der Waals surface area (Å²) in [5.74, 6) is 0. The minimum atomic E-state index is 0.0715. The van der Waals surface area contributed by atoms with Crippen LogP contribution in [0.3, 0.4) is 0 Å². The zero-order valence-corrected chi connectivity index (χ0v) is 12.6. The highest BCUT2D eigenvalue weighted by Gasteiger charge is 2.26. The highest BCUT2D eigenvalue weighted by atomic mass is 79.9. The Kier molecular flexibility index (Phi) is 4.41. The van der Waals surface area contributed by atoms with E-state index in [0.29, 0.717) is 0 Å². The molecule has 0 N–H and O–H groups in total. The first-order chi connectivity index (χ1) is 8.71. The van der Waals surface area contributed by atoms with E-state index in [9.17, 15) is 0 Å². The summed E-state index contributed by atoms with van der Waals surface area (Å²) in [5.41, 5.74) is 2.32. The molecule has 5 heteroatoms. The molecule has 0 saturated carbocycles. The Hall–Kier alpha value is -0.860. The van der Waals surface area contributed by atoms with Crippen molar-refractivity contribution in [3.63, 3.8) is 0 Å². The molecule has 0 aromatic carbocycles. The van der Waals surface area contributed by atoms with Crippen molar-refractivity contribution >= 4 is 15.9 Å². The second-order valence-electron chi connectivity index (χ2n) is 4.63. The second-order valence-corrected chi connectivity index (χ2v) is 5.43. The molecule has 0 spiro atoms. The number of halogens is 1. The number of nitriles is 1. The van der Waals surface area contributed by atoms with Crippen LogP contribution in [0.15, 0.2) is 4.47 Å². The first kappa shape index (κ1) is 13.6. The van der Waals surface area contributed by atoms with Gasteiger partial charge >= 0.3 is 0 Å². The summed E-state index contributed by atoms with van der Waals surface area (Å²) in [5, 5.41) is 13.7. The molecule has 1 aromatic rings. The van der Waals surface area contributed by atoms with E-state index < -0.39 is 0 Å². The van der Waals surface area contributed by atoms with E-state index in [2.05, 4.69) is 50.5 Å². The van der Waals surface area contributed by atoms with Crippen LogP contribution >= 0.6 is 15.9 Å². The average molecular weight is 311 g/mol. The molecule has 1 aromatic heterocycles. The summed E-state index contributed by atoms with van der Waals surface area (Å²) in [6, 6.07) is 2.46. The van der Waals surface area contributed by atoms with E-state index >= 15 is 0 Å². The molecule has 4 nitrogen and oxygen atoms in total. The summed E-state index contributed by atoms with van der Waals surface area (Å²) < 4.78 is 3.17. The minimum Gasteiger partial charge on any atom is -0.282 e. The van der Waals surface area contributed by atoms with Crippen LogP contribution < -0.4 is 0 Å².